The van der Waals surface area contributed by atoms with Crippen molar-refractivity contribution in [3.8, 4) is 0 Å². The minimum absolute atomic E-state index is 0.854. The van der Waals surface area contributed by atoms with Crippen LogP contribution in [0.2, 0.25) is 0 Å². The minimum atomic E-state index is 0.854. The standard InChI is InChI=1S/C16H27N3S/c1-2-8-17-10-16-18-14(12-20-16)11-19-9-4-6-13-5-3-7-15(13)19/h12-13,15,17H,2-11H2,1H3. The highest BCUT2D eigenvalue weighted by Gasteiger charge is 2.34. The van der Waals surface area contributed by atoms with Gasteiger partial charge in [-0.3, -0.25) is 4.90 Å². The fraction of sp³-hybridized carbons (Fsp3) is 0.812. The molecule has 1 saturated heterocycles. The molecule has 3 rings (SSSR count). The zero-order valence-corrected chi connectivity index (χ0v) is 13.4. The fourth-order valence-electron chi connectivity index (χ4n) is 3.84. The number of piperidine rings is 1. The summed E-state index contributed by atoms with van der Waals surface area (Å²) in [4.78, 5) is 7.51. The van der Waals surface area contributed by atoms with E-state index >= 15 is 0 Å². The van der Waals surface area contributed by atoms with Crippen LogP contribution in [-0.4, -0.2) is 29.0 Å². The molecule has 2 unspecified atom stereocenters. The van der Waals surface area contributed by atoms with Crippen LogP contribution in [0.25, 0.3) is 0 Å². The van der Waals surface area contributed by atoms with Crippen LogP contribution < -0.4 is 5.32 Å². The average Bonchev–Trinajstić information content (AvgIpc) is 3.09. The van der Waals surface area contributed by atoms with Crippen LogP contribution in [0, 0.1) is 5.92 Å². The van der Waals surface area contributed by atoms with E-state index in [1.807, 2.05) is 11.3 Å². The summed E-state index contributed by atoms with van der Waals surface area (Å²) in [5, 5.41) is 6.95. The Labute approximate surface area is 126 Å². The third-order valence-electron chi connectivity index (χ3n) is 4.78. The van der Waals surface area contributed by atoms with Crippen molar-refractivity contribution in [2.75, 3.05) is 13.1 Å². The van der Waals surface area contributed by atoms with E-state index in [2.05, 4.69) is 22.5 Å². The van der Waals surface area contributed by atoms with Gasteiger partial charge in [0.2, 0.25) is 0 Å². The Kier molecular flexibility index (Phi) is 5.08. The molecule has 1 aliphatic carbocycles. The molecule has 0 spiro atoms. The van der Waals surface area contributed by atoms with Crippen molar-refractivity contribution in [2.45, 2.75) is 64.6 Å². The molecule has 20 heavy (non-hydrogen) atoms. The predicted octanol–water partition coefficient (Wildman–Crippen LogP) is 3.41. The molecule has 2 aliphatic rings. The smallest absolute Gasteiger partial charge is 0.107 e. The topological polar surface area (TPSA) is 28.2 Å². The van der Waals surface area contributed by atoms with Crippen LogP contribution in [0.4, 0.5) is 0 Å². The van der Waals surface area contributed by atoms with Crippen molar-refractivity contribution in [1.82, 2.24) is 15.2 Å². The summed E-state index contributed by atoms with van der Waals surface area (Å²) in [7, 11) is 0. The number of likely N-dealkylation sites (tertiary alicyclic amines) is 1. The van der Waals surface area contributed by atoms with Gasteiger partial charge in [-0.05, 0) is 51.1 Å². The maximum absolute atomic E-state index is 4.80. The summed E-state index contributed by atoms with van der Waals surface area (Å²) in [6.45, 7) is 6.58. The monoisotopic (exact) mass is 293 g/mol. The third-order valence-corrected chi connectivity index (χ3v) is 5.67. The highest BCUT2D eigenvalue weighted by molar-refractivity contribution is 7.09. The molecule has 0 radical (unpaired) electrons. The highest BCUT2D eigenvalue weighted by atomic mass is 32.1. The molecule has 0 aromatic carbocycles. The van der Waals surface area contributed by atoms with Crippen LogP contribution >= 0.6 is 11.3 Å². The minimum Gasteiger partial charge on any atom is -0.310 e. The second-order valence-corrected chi connectivity index (χ2v) is 7.22. The van der Waals surface area contributed by atoms with Gasteiger partial charge in [0.25, 0.3) is 0 Å². The molecule has 2 fully saturated rings. The number of rotatable bonds is 6. The summed E-state index contributed by atoms with van der Waals surface area (Å²) in [5.41, 5.74) is 1.29. The number of thiazole rings is 1. The maximum atomic E-state index is 4.80. The number of nitrogens with zero attached hydrogens (tertiary/aromatic N) is 2. The number of fused-ring (bicyclic) bond motifs is 1. The van der Waals surface area contributed by atoms with E-state index < -0.39 is 0 Å². The Morgan fingerprint density at radius 3 is 3.15 bits per heavy atom. The van der Waals surface area contributed by atoms with Crippen LogP contribution in [0.3, 0.4) is 0 Å². The molecule has 2 heterocycles. The number of aromatic nitrogens is 1. The first-order chi connectivity index (χ1) is 9.86. The molecule has 2 atom stereocenters. The zero-order chi connectivity index (χ0) is 13.8. The van der Waals surface area contributed by atoms with Crippen LogP contribution in [0.5, 0.6) is 0 Å². The Hall–Kier alpha value is -0.450. The Morgan fingerprint density at radius 2 is 2.25 bits per heavy atom. The maximum Gasteiger partial charge on any atom is 0.107 e. The van der Waals surface area contributed by atoms with E-state index in [1.165, 1.54) is 55.8 Å². The van der Waals surface area contributed by atoms with Crippen molar-refractivity contribution in [3.05, 3.63) is 16.1 Å². The van der Waals surface area contributed by atoms with E-state index in [9.17, 15) is 0 Å². The molecule has 1 aromatic rings. The van der Waals surface area contributed by atoms with Gasteiger partial charge in [0.15, 0.2) is 0 Å². The molecule has 1 N–H and O–H groups in total. The lowest BCUT2D eigenvalue weighted by molar-refractivity contribution is 0.104. The molecule has 0 amide bonds. The summed E-state index contributed by atoms with van der Waals surface area (Å²) in [5.74, 6) is 0.980. The fourth-order valence-corrected chi connectivity index (χ4v) is 4.59. The van der Waals surface area contributed by atoms with Gasteiger partial charge in [-0.2, -0.15) is 0 Å². The van der Waals surface area contributed by atoms with Crippen LogP contribution in [0.15, 0.2) is 5.38 Å². The molecular formula is C16H27N3S. The lowest BCUT2D eigenvalue weighted by Crippen LogP contribution is -2.41. The van der Waals surface area contributed by atoms with Gasteiger partial charge in [-0.1, -0.05) is 13.3 Å². The SMILES string of the molecule is CCCNCc1nc(CN2CCCC3CCCC32)cs1. The summed E-state index contributed by atoms with van der Waals surface area (Å²) in [6, 6.07) is 0.854. The quantitative estimate of drug-likeness (QED) is 0.815. The number of hydrogen-bond acceptors (Lipinski definition) is 4. The summed E-state index contributed by atoms with van der Waals surface area (Å²) >= 11 is 1.81. The van der Waals surface area contributed by atoms with E-state index in [0.29, 0.717) is 0 Å². The lowest BCUT2D eigenvalue weighted by atomic mass is 9.92. The molecular weight excluding hydrogens is 266 g/mol. The normalized spacial score (nSPS) is 26.9. The van der Waals surface area contributed by atoms with Crippen molar-refractivity contribution in [1.29, 1.82) is 0 Å². The Morgan fingerprint density at radius 1 is 1.35 bits per heavy atom. The summed E-state index contributed by atoms with van der Waals surface area (Å²) in [6.07, 6.45) is 8.36. The van der Waals surface area contributed by atoms with Gasteiger partial charge in [0, 0.05) is 24.5 Å². The summed E-state index contributed by atoms with van der Waals surface area (Å²) < 4.78 is 0. The first-order valence-corrected chi connectivity index (χ1v) is 9.13. The number of hydrogen-bond donors (Lipinski definition) is 1. The van der Waals surface area contributed by atoms with E-state index in [-0.39, 0.29) is 0 Å². The molecule has 0 bridgehead atoms. The van der Waals surface area contributed by atoms with Gasteiger partial charge < -0.3 is 5.32 Å². The average molecular weight is 293 g/mol. The van der Waals surface area contributed by atoms with Crippen molar-refractivity contribution in [2.24, 2.45) is 5.92 Å². The van der Waals surface area contributed by atoms with E-state index in [1.54, 1.807) is 0 Å². The van der Waals surface area contributed by atoms with Gasteiger partial charge in [0.05, 0.1) is 5.69 Å². The van der Waals surface area contributed by atoms with Gasteiger partial charge in [-0.15, -0.1) is 11.3 Å². The predicted molar refractivity (Wildman–Crippen MR) is 84.9 cm³/mol. The van der Waals surface area contributed by atoms with Crippen LogP contribution in [-0.2, 0) is 13.1 Å². The molecule has 1 aromatic heterocycles. The first kappa shape index (κ1) is 14.5. The zero-order valence-electron chi connectivity index (χ0n) is 12.6. The molecule has 3 nitrogen and oxygen atoms in total. The van der Waals surface area contributed by atoms with Crippen molar-refractivity contribution >= 4 is 11.3 Å². The largest absolute Gasteiger partial charge is 0.310 e. The van der Waals surface area contributed by atoms with Gasteiger partial charge in [-0.25, -0.2) is 4.98 Å². The molecule has 1 aliphatic heterocycles. The molecule has 4 heteroatoms. The Balaban J connectivity index is 1.54. The van der Waals surface area contributed by atoms with Crippen molar-refractivity contribution < 1.29 is 0 Å². The highest BCUT2D eigenvalue weighted by Crippen LogP contribution is 2.37. The Bertz CT molecular complexity index is 418. The third kappa shape index (κ3) is 3.41. The lowest BCUT2D eigenvalue weighted by Gasteiger charge is -2.37. The van der Waals surface area contributed by atoms with Gasteiger partial charge >= 0.3 is 0 Å². The van der Waals surface area contributed by atoms with Gasteiger partial charge in [0.1, 0.15) is 5.01 Å². The molecule has 1 saturated carbocycles. The second kappa shape index (κ2) is 7.01. The number of nitrogens with one attached hydrogen (secondary N) is 1. The first-order valence-electron chi connectivity index (χ1n) is 8.25. The van der Waals surface area contributed by atoms with E-state index in [4.69, 9.17) is 4.98 Å². The van der Waals surface area contributed by atoms with Crippen molar-refractivity contribution in [3.63, 3.8) is 0 Å². The van der Waals surface area contributed by atoms with Crippen LogP contribution in [0.1, 0.15) is 56.2 Å². The molecule has 112 valence electrons. The second-order valence-electron chi connectivity index (χ2n) is 6.28. The van der Waals surface area contributed by atoms with E-state index in [0.717, 1.165) is 31.6 Å².